The van der Waals surface area contributed by atoms with Gasteiger partial charge in [-0.15, -0.1) is 0 Å². The van der Waals surface area contributed by atoms with E-state index in [9.17, 15) is 0 Å². The summed E-state index contributed by atoms with van der Waals surface area (Å²) in [6, 6.07) is 0. The molecule has 2 rings (SSSR count). The molecule has 17 heavy (non-hydrogen) atoms. The topological polar surface area (TPSA) is 38.2 Å². The molecule has 4 heteroatoms. The van der Waals surface area contributed by atoms with Crippen LogP contribution in [0, 0.1) is 11.8 Å². The van der Waals surface area contributed by atoms with E-state index in [1.54, 1.807) is 6.20 Å². The summed E-state index contributed by atoms with van der Waals surface area (Å²) < 4.78 is 5.39. The molecule has 1 saturated heterocycles. The predicted molar refractivity (Wildman–Crippen MR) is 68.4 cm³/mol. The zero-order valence-electron chi connectivity index (χ0n) is 10.9. The van der Waals surface area contributed by atoms with Crippen LogP contribution in [0.2, 0.25) is 0 Å². The molecule has 0 aromatic carbocycles. The fourth-order valence-electron chi connectivity index (χ4n) is 2.56. The molecule has 0 spiro atoms. The molecule has 1 aliphatic heterocycles. The first kappa shape index (κ1) is 12.1. The van der Waals surface area contributed by atoms with Crippen LogP contribution < -0.4 is 9.64 Å². The Hall–Kier alpha value is -1.32. The highest BCUT2D eigenvalue weighted by Crippen LogP contribution is 2.25. The molecule has 94 valence electrons. The van der Waals surface area contributed by atoms with Crippen LogP contribution in [0.25, 0.3) is 0 Å². The summed E-state index contributed by atoms with van der Waals surface area (Å²) >= 11 is 0. The van der Waals surface area contributed by atoms with E-state index in [-0.39, 0.29) is 0 Å². The van der Waals surface area contributed by atoms with Crippen LogP contribution in [0.5, 0.6) is 5.88 Å². The summed E-state index contributed by atoms with van der Waals surface area (Å²) in [4.78, 5) is 11.0. The van der Waals surface area contributed by atoms with Crippen molar-refractivity contribution in [3.8, 4) is 5.88 Å². The van der Waals surface area contributed by atoms with Gasteiger partial charge < -0.3 is 9.64 Å². The smallest absolute Gasteiger partial charge is 0.234 e. The number of hydrogen-bond acceptors (Lipinski definition) is 4. The van der Waals surface area contributed by atoms with Gasteiger partial charge in [-0.1, -0.05) is 13.8 Å². The van der Waals surface area contributed by atoms with Crippen LogP contribution >= 0.6 is 0 Å². The van der Waals surface area contributed by atoms with Gasteiger partial charge in [-0.05, 0) is 25.2 Å². The number of anilines is 1. The molecule has 0 amide bonds. The van der Waals surface area contributed by atoms with Crippen molar-refractivity contribution < 1.29 is 4.74 Å². The van der Waals surface area contributed by atoms with E-state index >= 15 is 0 Å². The van der Waals surface area contributed by atoms with Gasteiger partial charge in [0.05, 0.1) is 19.0 Å². The summed E-state index contributed by atoms with van der Waals surface area (Å²) in [5.41, 5.74) is 0. The van der Waals surface area contributed by atoms with Gasteiger partial charge in [0.25, 0.3) is 0 Å². The third-order valence-corrected chi connectivity index (χ3v) is 3.08. The van der Waals surface area contributed by atoms with Gasteiger partial charge in [-0.3, -0.25) is 4.98 Å². The van der Waals surface area contributed by atoms with Gasteiger partial charge in [0.2, 0.25) is 5.88 Å². The van der Waals surface area contributed by atoms with Gasteiger partial charge in [-0.2, -0.15) is 4.98 Å². The van der Waals surface area contributed by atoms with Gasteiger partial charge in [0.1, 0.15) is 0 Å². The minimum atomic E-state index is 0.621. The fraction of sp³-hybridized carbons (Fsp3) is 0.692. The first-order chi connectivity index (χ1) is 8.19. The SMILES string of the molecule is CCOc1cncc(N2C[C@H](C)C[C@H](C)C2)n1. The molecule has 2 heterocycles. The molecule has 1 aromatic heterocycles. The van der Waals surface area contributed by atoms with Crippen molar-refractivity contribution in [1.82, 2.24) is 9.97 Å². The molecular formula is C13H21N3O. The van der Waals surface area contributed by atoms with Gasteiger partial charge in [0, 0.05) is 13.1 Å². The molecule has 1 aromatic rings. The summed E-state index contributed by atoms with van der Waals surface area (Å²) in [6.45, 7) is 9.30. The maximum atomic E-state index is 5.39. The van der Waals surface area contributed by atoms with E-state index in [1.165, 1.54) is 6.42 Å². The van der Waals surface area contributed by atoms with E-state index in [0.717, 1.165) is 30.7 Å². The van der Waals surface area contributed by atoms with Crippen molar-refractivity contribution in [3.05, 3.63) is 12.4 Å². The maximum Gasteiger partial charge on any atom is 0.234 e. The lowest BCUT2D eigenvalue weighted by molar-refractivity contribution is 0.322. The quantitative estimate of drug-likeness (QED) is 0.806. The summed E-state index contributed by atoms with van der Waals surface area (Å²) in [6.07, 6.45) is 4.80. The fourth-order valence-corrected chi connectivity index (χ4v) is 2.56. The molecule has 0 unspecified atom stereocenters. The largest absolute Gasteiger partial charge is 0.477 e. The van der Waals surface area contributed by atoms with Gasteiger partial charge in [0.15, 0.2) is 5.82 Å². The second-order valence-corrected chi connectivity index (χ2v) is 5.00. The van der Waals surface area contributed by atoms with Crippen molar-refractivity contribution in [2.45, 2.75) is 27.2 Å². The minimum Gasteiger partial charge on any atom is -0.477 e. The zero-order chi connectivity index (χ0) is 12.3. The second-order valence-electron chi connectivity index (χ2n) is 5.00. The Morgan fingerprint density at radius 1 is 1.29 bits per heavy atom. The number of aromatic nitrogens is 2. The molecule has 0 aliphatic carbocycles. The third-order valence-electron chi connectivity index (χ3n) is 3.08. The average Bonchev–Trinajstić information content (AvgIpc) is 2.28. The molecule has 0 bridgehead atoms. The molecule has 1 aliphatic rings. The lowest BCUT2D eigenvalue weighted by atomic mass is 9.92. The molecule has 1 fully saturated rings. The summed E-state index contributed by atoms with van der Waals surface area (Å²) in [5.74, 6) is 3.00. The number of piperidine rings is 1. The molecular weight excluding hydrogens is 214 g/mol. The zero-order valence-corrected chi connectivity index (χ0v) is 10.9. The lowest BCUT2D eigenvalue weighted by Crippen LogP contribution is -2.39. The van der Waals surface area contributed by atoms with Crippen molar-refractivity contribution in [1.29, 1.82) is 0 Å². The van der Waals surface area contributed by atoms with Crippen LogP contribution in [0.15, 0.2) is 12.4 Å². The normalized spacial score (nSPS) is 24.8. The van der Waals surface area contributed by atoms with Crippen molar-refractivity contribution in [3.63, 3.8) is 0 Å². The molecule has 0 radical (unpaired) electrons. The predicted octanol–water partition coefficient (Wildman–Crippen LogP) is 2.36. The first-order valence-electron chi connectivity index (χ1n) is 6.38. The van der Waals surface area contributed by atoms with E-state index in [4.69, 9.17) is 4.74 Å². The van der Waals surface area contributed by atoms with Crippen LogP contribution in [-0.4, -0.2) is 29.7 Å². The Morgan fingerprint density at radius 2 is 2.00 bits per heavy atom. The van der Waals surface area contributed by atoms with Gasteiger partial charge >= 0.3 is 0 Å². The van der Waals surface area contributed by atoms with Crippen molar-refractivity contribution in [2.75, 3.05) is 24.6 Å². The molecule has 0 N–H and O–H groups in total. The number of rotatable bonds is 3. The van der Waals surface area contributed by atoms with E-state index in [2.05, 4.69) is 28.7 Å². The highest BCUT2D eigenvalue weighted by molar-refractivity contribution is 5.38. The van der Waals surface area contributed by atoms with Crippen LogP contribution in [0.3, 0.4) is 0 Å². The average molecular weight is 235 g/mol. The molecule has 0 saturated carbocycles. The summed E-state index contributed by atoms with van der Waals surface area (Å²) in [7, 11) is 0. The van der Waals surface area contributed by atoms with Crippen molar-refractivity contribution >= 4 is 5.82 Å². The van der Waals surface area contributed by atoms with Crippen molar-refractivity contribution in [2.24, 2.45) is 11.8 Å². The van der Waals surface area contributed by atoms with E-state index in [1.807, 2.05) is 13.1 Å². The van der Waals surface area contributed by atoms with E-state index in [0.29, 0.717) is 12.5 Å². The monoisotopic (exact) mass is 235 g/mol. The molecule has 4 nitrogen and oxygen atoms in total. The highest BCUT2D eigenvalue weighted by Gasteiger charge is 2.23. The second kappa shape index (κ2) is 5.34. The Kier molecular flexibility index (Phi) is 3.82. The number of nitrogens with zero attached hydrogens (tertiary/aromatic N) is 3. The van der Waals surface area contributed by atoms with Crippen LogP contribution in [-0.2, 0) is 0 Å². The number of ether oxygens (including phenoxy) is 1. The molecule has 2 atom stereocenters. The van der Waals surface area contributed by atoms with Crippen LogP contribution in [0.1, 0.15) is 27.2 Å². The standard InChI is InChI=1S/C13H21N3O/c1-4-17-13-7-14-6-12(15-13)16-8-10(2)5-11(3)9-16/h6-7,10-11H,4-5,8-9H2,1-3H3/t10-,11+. The summed E-state index contributed by atoms with van der Waals surface area (Å²) in [5, 5.41) is 0. The van der Waals surface area contributed by atoms with Crippen LogP contribution in [0.4, 0.5) is 5.82 Å². The Morgan fingerprint density at radius 3 is 2.65 bits per heavy atom. The minimum absolute atomic E-state index is 0.621. The van der Waals surface area contributed by atoms with Gasteiger partial charge in [-0.25, -0.2) is 0 Å². The Labute approximate surface area is 103 Å². The third kappa shape index (κ3) is 3.08. The first-order valence-corrected chi connectivity index (χ1v) is 6.38. The lowest BCUT2D eigenvalue weighted by Gasteiger charge is -2.35. The number of hydrogen-bond donors (Lipinski definition) is 0. The highest BCUT2D eigenvalue weighted by atomic mass is 16.5. The Bertz CT molecular complexity index is 359. The van der Waals surface area contributed by atoms with E-state index < -0.39 is 0 Å². The Balaban J connectivity index is 2.12. The maximum absolute atomic E-state index is 5.39.